The minimum Gasteiger partial charge on any atom is -0.379 e. The zero-order chi connectivity index (χ0) is 16.9. The Morgan fingerprint density at radius 1 is 1.38 bits per heavy atom. The summed E-state index contributed by atoms with van der Waals surface area (Å²) in [6.07, 6.45) is 0. The molecule has 1 N–H and O–H groups in total. The molecule has 24 heavy (non-hydrogen) atoms. The lowest BCUT2D eigenvalue weighted by Gasteiger charge is -2.34. The van der Waals surface area contributed by atoms with Crippen LogP contribution in [0.1, 0.15) is 27.0 Å². The molecule has 1 saturated heterocycles. The number of nitrogens with zero attached hydrogens (tertiary/aromatic N) is 2. The van der Waals surface area contributed by atoms with Crippen LogP contribution in [-0.2, 0) is 4.74 Å². The highest BCUT2D eigenvalue weighted by atomic mass is 79.9. The largest absolute Gasteiger partial charge is 0.379 e. The molecule has 0 spiro atoms. The number of benzene rings is 1. The topological polar surface area (TPSA) is 54.5 Å². The lowest BCUT2D eigenvalue weighted by molar-refractivity contribution is 0.0162. The molecule has 1 amide bonds. The van der Waals surface area contributed by atoms with Crippen molar-refractivity contribution in [3.8, 4) is 0 Å². The molecule has 1 fully saturated rings. The number of aryl methyl sites for hydroxylation is 1. The van der Waals surface area contributed by atoms with E-state index in [-0.39, 0.29) is 11.9 Å². The lowest BCUT2D eigenvalue weighted by Crippen LogP contribution is -2.43. The van der Waals surface area contributed by atoms with Crippen LogP contribution in [0.3, 0.4) is 0 Å². The van der Waals surface area contributed by atoms with Crippen LogP contribution in [0.4, 0.5) is 0 Å². The van der Waals surface area contributed by atoms with Crippen LogP contribution in [0.5, 0.6) is 0 Å². The van der Waals surface area contributed by atoms with Gasteiger partial charge in [0.05, 0.1) is 19.3 Å². The number of hydrogen-bond donors (Lipinski definition) is 1. The molecule has 3 rings (SSSR count). The average Bonchev–Trinajstić information content (AvgIpc) is 2.95. The summed E-state index contributed by atoms with van der Waals surface area (Å²) in [6, 6.07) is 10.4. The van der Waals surface area contributed by atoms with Crippen molar-refractivity contribution in [3.05, 3.63) is 50.4 Å². The summed E-state index contributed by atoms with van der Waals surface area (Å²) >= 11 is 4.81. The van der Waals surface area contributed by atoms with Crippen molar-refractivity contribution in [1.82, 2.24) is 15.2 Å². The number of carbonyl (C=O) groups is 1. The molecule has 5 nitrogen and oxygen atoms in total. The molecule has 1 aliphatic rings. The first-order valence-electron chi connectivity index (χ1n) is 7.93. The monoisotopic (exact) mass is 409 g/mol. The zero-order valence-electron chi connectivity index (χ0n) is 13.5. The Bertz CT molecular complexity index is 686. The highest BCUT2D eigenvalue weighted by molar-refractivity contribution is 9.11. The fourth-order valence-electron chi connectivity index (χ4n) is 2.87. The summed E-state index contributed by atoms with van der Waals surface area (Å²) in [5.41, 5.74) is 1.71. The van der Waals surface area contributed by atoms with E-state index in [0.717, 1.165) is 35.1 Å². The second-order valence-electron chi connectivity index (χ2n) is 5.66. The van der Waals surface area contributed by atoms with E-state index in [1.807, 2.05) is 25.1 Å². The van der Waals surface area contributed by atoms with Crippen LogP contribution in [0.15, 0.2) is 34.2 Å². The van der Waals surface area contributed by atoms with Gasteiger partial charge in [0.15, 0.2) is 3.92 Å². The second kappa shape index (κ2) is 8.20. The number of rotatable bonds is 5. The number of morpholine rings is 1. The maximum Gasteiger partial charge on any atom is 0.271 e. The summed E-state index contributed by atoms with van der Waals surface area (Å²) in [4.78, 5) is 20.0. The minimum absolute atomic E-state index is 0.122. The van der Waals surface area contributed by atoms with Crippen LogP contribution in [0.2, 0.25) is 0 Å². The SMILES string of the molecule is Cc1sc(Br)nc1C(=O)NC[C@@H](c1ccccc1)N1CCOCC1. The highest BCUT2D eigenvalue weighted by Crippen LogP contribution is 2.23. The van der Waals surface area contributed by atoms with Crippen LogP contribution < -0.4 is 5.32 Å². The number of aromatic nitrogens is 1. The predicted octanol–water partition coefficient (Wildman–Crippen LogP) is 3.02. The van der Waals surface area contributed by atoms with Gasteiger partial charge in [0, 0.05) is 24.5 Å². The fraction of sp³-hybridized carbons (Fsp3) is 0.412. The van der Waals surface area contributed by atoms with E-state index in [2.05, 4.69) is 43.3 Å². The number of ether oxygens (including phenoxy) is 1. The van der Waals surface area contributed by atoms with Gasteiger partial charge in [0.2, 0.25) is 0 Å². The Morgan fingerprint density at radius 2 is 2.08 bits per heavy atom. The van der Waals surface area contributed by atoms with Gasteiger partial charge in [0.25, 0.3) is 5.91 Å². The maximum atomic E-state index is 12.5. The fourth-order valence-corrected chi connectivity index (χ4v) is 4.40. The summed E-state index contributed by atoms with van der Waals surface area (Å²) in [7, 11) is 0. The van der Waals surface area contributed by atoms with Crippen LogP contribution in [-0.4, -0.2) is 48.6 Å². The third-order valence-electron chi connectivity index (χ3n) is 4.11. The molecule has 1 aromatic carbocycles. The van der Waals surface area contributed by atoms with E-state index in [9.17, 15) is 4.79 Å². The number of hydrogen-bond acceptors (Lipinski definition) is 5. The Labute approximate surface area is 154 Å². The average molecular weight is 410 g/mol. The molecule has 0 bridgehead atoms. The van der Waals surface area contributed by atoms with Gasteiger partial charge in [-0.2, -0.15) is 0 Å². The van der Waals surface area contributed by atoms with Gasteiger partial charge in [-0.05, 0) is 28.4 Å². The molecule has 0 saturated carbocycles. The number of halogens is 1. The second-order valence-corrected chi connectivity index (χ2v) is 8.14. The third-order valence-corrected chi connectivity index (χ3v) is 5.53. The quantitative estimate of drug-likeness (QED) is 0.824. The van der Waals surface area contributed by atoms with E-state index < -0.39 is 0 Å². The molecular weight excluding hydrogens is 390 g/mol. The molecule has 0 aliphatic carbocycles. The van der Waals surface area contributed by atoms with E-state index in [1.165, 1.54) is 16.9 Å². The van der Waals surface area contributed by atoms with Gasteiger partial charge < -0.3 is 10.1 Å². The van der Waals surface area contributed by atoms with Crippen molar-refractivity contribution in [2.75, 3.05) is 32.8 Å². The number of carbonyl (C=O) groups excluding carboxylic acids is 1. The smallest absolute Gasteiger partial charge is 0.271 e. The Hall–Kier alpha value is -1.28. The van der Waals surface area contributed by atoms with Gasteiger partial charge >= 0.3 is 0 Å². The molecule has 2 heterocycles. The molecule has 0 radical (unpaired) electrons. The van der Waals surface area contributed by atoms with Crippen molar-refractivity contribution in [1.29, 1.82) is 0 Å². The molecule has 0 unspecified atom stereocenters. The highest BCUT2D eigenvalue weighted by Gasteiger charge is 2.24. The number of nitrogens with one attached hydrogen (secondary N) is 1. The first-order valence-corrected chi connectivity index (χ1v) is 9.54. The summed E-state index contributed by atoms with van der Waals surface area (Å²) in [6.45, 7) is 5.67. The van der Waals surface area contributed by atoms with Crippen LogP contribution in [0, 0.1) is 6.92 Å². The lowest BCUT2D eigenvalue weighted by atomic mass is 10.0. The molecule has 1 aromatic heterocycles. The first-order chi connectivity index (χ1) is 11.6. The predicted molar refractivity (Wildman–Crippen MR) is 98.5 cm³/mol. The molecule has 7 heteroatoms. The standard InChI is InChI=1S/C17H20BrN3O2S/c1-12-15(20-17(18)24-12)16(22)19-11-14(13-5-3-2-4-6-13)21-7-9-23-10-8-21/h2-6,14H,7-11H2,1H3,(H,19,22)/t14-/m0/s1. The third kappa shape index (κ3) is 4.22. The molecule has 1 aliphatic heterocycles. The minimum atomic E-state index is -0.122. The molecular formula is C17H20BrN3O2S. The van der Waals surface area contributed by atoms with Crippen molar-refractivity contribution in [2.24, 2.45) is 0 Å². The van der Waals surface area contributed by atoms with E-state index >= 15 is 0 Å². The Kier molecular flexibility index (Phi) is 5.99. The van der Waals surface area contributed by atoms with Gasteiger partial charge in [0.1, 0.15) is 5.69 Å². The van der Waals surface area contributed by atoms with Gasteiger partial charge in [-0.25, -0.2) is 4.98 Å². The van der Waals surface area contributed by atoms with Gasteiger partial charge in [-0.1, -0.05) is 30.3 Å². The van der Waals surface area contributed by atoms with Crippen molar-refractivity contribution in [3.63, 3.8) is 0 Å². The summed E-state index contributed by atoms with van der Waals surface area (Å²) in [5, 5.41) is 3.05. The van der Waals surface area contributed by atoms with E-state index in [4.69, 9.17) is 4.74 Å². The zero-order valence-corrected chi connectivity index (χ0v) is 15.9. The Balaban J connectivity index is 1.72. The van der Waals surface area contributed by atoms with Gasteiger partial charge in [-0.3, -0.25) is 9.69 Å². The summed E-state index contributed by atoms with van der Waals surface area (Å²) in [5.74, 6) is -0.122. The molecule has 128 valence electrons. The maximum absolute atomic E-state index is 12.5. The number of amides is 1. The van der Waals surface area contributed by atoms with E-state index in [0.29, 0.717) is 12.2 Å². The number of thiazole rings is 1. The Morgan fingerprint density at radius 3 is 2.71 bits per heavy atom. The van der Waals surface area contributed by atoms with E-state index in [1.54, 1.807) is 0 Å². The van der Waals surface area contributed by atoms with Crippen LogP contribution in [0.25, 0.3) is 0 Å². The van der Waals surface area contributed by atoms with Crippen molar-refractivity contribution >= 4 is 33.2 Å². The van der Waals surface area contributed by atoms with Crippen molar-refractivity contribution < 1.29 is 9.53 Å². The molecule has 2 aromatic rings. The normalized spacial score (nSPS) is 16.8. The van der Waals surface area contributed by atoms with Crippen LogP contribution >= 0.6 is 27.3 Å². The summed E-state index contributed by atoms with van der Waals surface area (Å²) < 4.78 is 6.19. The van der Waals surface area contributed by atoms with Crippen molar-refractivity contribution in [2.45, 2.75) is 13.0 Å². The molecule has 1 atom stereocenters. The first kappa shape index (κ1) is 17.5. The van der Waals surface area contributed by atoms with Gasteiger partial charge in [-0.15, -0.1) is 11.3 Å².